The average molecular weight is 541 g/mol. The van der Waals surface area contributed by atoms with Crippen LogP contribution in [0.5, 0.6) is 0 Å². The molecule has 1 amide bonds. The Labute approximate surface area is 220 Å². The molecule has 0 aliphatic rings. The van der Waals surface area contributed by atoms with Gasteiger partial charge in [0.1, 0.15) is 5.82 Å². The van der Waals surface area contributed by atoms with Gasteiger partial charge in [0, 0.05) is 47.5 Å². The van der Waals surface area contributed by atoms with Crippen LogP contribution in [0.25, 0.3) is 10.9 Å². The van der Waals surface area contributed by atoms with Crippen LogP contribution in [0.4, 0.5) is 10.1 Å². The smallest absolute Gasteiger partial charge is 0.243 e. The summed E-state index contributed by atoms with van der Waals surface area (Å²) in [6.45, 7) is 1.75. The molecule has 1 aromatic heterocycles. The van der Waals surface area contributed by atoms with Crippen molar-refractivity contribution in [3.8, 4) is 0 Å². The highest BCUT2D eigenvalue weighted by molar-refractivity contribution is 7.89. The first-order chi connectivity index (χ1) is 17.7. The van der Waals surface area contributed by atoms with Gasteiger partial charge in [0.2, 0.25) is 15.9 Å². The Hall–Kier alpha value is -3.53. The molecule has 10 heteroatoms. The van der Waals surface area contributed by atoms with E-state index in [9.17, 15) is 17.6 Å². The number of aromatic nitrogens is 1. The van der Waals surface area contributed by atoms with Crippen LogP contribution in [-0.4, -0.2) is 43.2 Å². The van der Waals surface area contributed by atoms with Crippen LogP contribution >= 0.6 is 11.6 Å². The summed E-state index contributed by atoms with van der Waals surface area (Å²) in [5, 5.41) is 7.46. The van der Waals surface area contributed by atoms with Gasteiger partial charge < -0.3 is 10.6 Å². The van der Waals surface area contributed by atoms with Gasteiger partial charge in [-0.3, -0.25) is 9.78 Å². The normalized spacial score (nSPS) is 11.6. The van der Waals surface area contributed by atoms with Crippen molar-refractivity contribution in [3.63, 3.8) is 0 Å². The molecule has 0 radical (unpaired) electrons. The second-order valence-corrected chi connectivity index (χ2v) is 10.8. The maximum Gasteiger partial charge on any atom is 0.243 e. The van der Waals surface area contributed by atoms with Crippen molar-refractivity contribution in [1.82, 2.24) is 14.6 Å². The Morgan fingerprint density at radius 2 is 1.78 bits per heavy atom. The lowest BCUT2D eigenvalue weighted by atomic mass is 10.2. The molecule has 3 aromatic carbocycles. The molecule has 0 aliphatic carbocycles. The van der Waals surface area contributed by atoms with E-state index in [2.05, 4.69) is 15.6 Å². The largest absolute Gasteiger partial charge is 0.383 e. The summed E-state index contributed by atoms with van der Waals surface area (Å²) in [6.07, 6.45) is 1.66. The van der Waals surface area contributed by atoms with E-state index >= 15 is 0 Å². The Morgan fingerprint density at radius 1 is 1.03 bits per heavy atom. The van der Waals surface area contributed by atoms with Gasteiger partial charge in [-0.05, 0) is 49.4 Å². The summed E-state index contributed by atoms with van der Waals surface area (Å²) in [7, 11) is -4.06. The highest BCUT2D eigenvalue weighted by Gasteiger charge is 2.27. The molecule has 37 heavy (non-hydrogen) atoms. The number of hydrogen-bond acceptors (Lipinski definition) is 5. The Kier molecular flexibility index (Phi) is 8.38. The summed E-state index contributed by atoms with van der Waals surface area (Å²) in [4.78, 5) is 17.1. The van der Waals surface area contributed by atoms with E-state index in [0.29, 0.717) is 11.6 Å². The number of carbonyl (C=O) groups is 1. The first-order valence-corrected chi connectivity index (χ1v) is 13.4. The third-order valence-electron chi connectivity index (χ3n) is 5.75. The fourth-order valence-corrected chi connectivity index (χ4v) is 5.33. The molecule has 0 unspecified atom stereocenters. The maximum absolute atomic E-state index is 14.3. The summed E-state index contributed by atoms with van der Waals surface area (Å²) in [6, 6.07) is 19.4. The van der Waals surface area contributed by atoms with Crippen molar-refractivity contribution in [2.75, 3.05) is 25.0 Å². The second-order valence-electron chi connectivity index (χ2n) is 8.47. The van der Waals surface area contributed by atoms with Crippen LogP contribution in [-0.2, 0) is 21.4 Å². The molecule has 192 valence electrons. The van der Waals surface area contributed by atoms with Gasteiger partial charge in [-0.25, -0.2) is 12.8 Å². The zero-order valence-corrected chi connectivity index (χ0v) is 21.7. The van der Waals surface area contributed by atoms with Gasteiger partial charge in [-0.1, -0.05) is 47.5 Å². The fraction of sp³-hybridized carbons (Fsp3) is 0.185. The van der Waals surface area contributed by atoms with E-state index in [1.54, 1.807) is 36.5 Å². The second kappa shape index (κ2) is 11.7. The maximum atomic E-state index is 14.3. The van der Waals surface area contributed by atoms with Crippen molar-refractivity contribution < 1.29 is 17.6 Å². The minimum atomic E-state index is -4.06. The Bertz CT molecular complexity index is 1510. The number of anilines is 1. The molecule has 0 bridgehead atoms. The molecule has 0 atom stereocenters. The van der Waals surface area contributed by atoms with Crippen molar-refractivity contribution in [3.05, 3.63) is 101 Å². The number of amides is 1. The molecule has 2 N–H and O–H groups in total. The molecule has 0 aliphatic heterocycles. The number of sulfonamides is 1. The number of fused-ring (bicyclic) bond motifs is 1. The van der Waals surface area contributed by atoms with Crippen LogP contribution in [0.15, 0.2) is 83.9 Å². The predicted molar refractivity (Wildman–Crippen MR) is 143 cm³/mol. The predicted octanol–water partition coefficient (Wildman–Crippen LogP) is 4.75. The molecule has 0 saturated heterocycles. The lowest BCUT2D eigenvalue weighted by molar-refractivity contribution is -0.121. The van der Waals surface area contributed by atoms with E-state index < -0.39 is 28.3 Å². The summed E-state index contributed by atoms with van der Waals surface area (Å²) >= 11 is 6.04. The van der Waals surface area contributed by atoms with E-state index in [1.807, 2.05) is 19.1 Å². The van der Waals surface area contributed by atoms with E-state index in [0.717, 1.165) is 26.5 Å². The Morgan fingerprint density at radius 3 is 2.54 bits per heavy atom. The first kappa shape index (κ1) is 26.5. The SMILES string of the molecule is Cc1ccc(S(=O)(=O)N(CC(=O)NCCNc2ccnc3cc(Cl)ccc23)Cc2ccccc2F)cc1. The van der Waals surface area contributed by atoms with E-state index in [-0.39, 0.29) is 23.5 Å². The molecule has 4 rings (SSSR count). The number of nitrogens with zero attached hydrogens (tertiary/aromatic N) is 2. The minimum Gasteiger partial charge on any atom is -0.383 e. The topological polar surface area (TPSA) is 91.4 Å². The summed E-state index contributed by atoms with van der Waals surface area (Å²) in [5.74, 6) is -1.04. The molecule has 7 nitrogen and oxygen atoms in total. The number of halogens is 2. The molecule has 4 aromatic rings. The van der Waals surface area contributed by atoms with Crippen LogP contribution < -0.4 is 10.6 Å². The number of aryl methyl sites for hydroxylation is 1. The molecular formula is C27H26ClFN4O3S. The van der Waals surface area contributed by atoms with Crippen LogP contribution in [0.3, 0.4) is 0 Å². The quantitative estimate of drug-likeness (QED) is 0.283. The number of hydrogen-bond donors (Lipinski definition) is 2. The number of pyridine rings is 1. The lowest BCUT2D eigenvalue weighted by Gasteiger charge is -2.22. The van der Waals surface area contributed by atoms with Crippen molar-refractivity contribution >= 4 is 44.1 Å². The average Bonchev–Trinajstić information content (AvgIpc) is 2.87. The van der Waals surface area contributed by atoms with Gasteiger partial charge in [0.05, 0.1) is 17.0 Å². The van der Waals surface area contributed by atoms with Crippen molar-refractivity contribution in [1.29, 1.82) is 0 Å². The van der Waals surface area contributed by atoms with Gasteiger partial charge >= 0.3 is 0 Å². The van der Waals surface area contributed by atoms with Gasteiger partial charge in [0.25, 0.3) is 0 Å². The molecule has 0 spiro atoms. The highest BCUT2D eigenvalue weighted by Crippen LogP contribution is 2.24. The highest BCUT2D eigenvalue weighted by atomic mass is 35.5. The van der Waals surface area contributed by atoms with E-state index in [1.165, 1.54) is 30.3 Å². The van der Waals surface area contributed by atoms with E-state index in [4.69, 9.17) is 11.6 Å². The zero-order valence-electron chi connectivity index (χ0n) is 20.1. The monoisotopic (exact) mass is 540 g/mol. The molecular weight excluding hydrogens is 515 g/mol. The third kappa shape index (κ3) is 6.62. The lowest BCUT2D eigenvalue weighted by Crippen LogP contribution is -2.41. The number of nitrogens with one attached hydrogen (secondary N) is 2. The van der Waals surface area contributed by atoms with Crippen molar-refractivity contribution in [2.45, 2.75) is 18.4 Å². The van der Waals surface area contributed by atoms with Gasteiger partial charge in [0.15, 0.2) is 0 Å². The number of benzene rings is 3. The zero-order chi connectivity index (χ0) is 26.4. The molecule has 0 saturated carbocycles. The van der Waals surface area contributed by atoms with Gasteiger partial charge in [-0.2, -0.15) is 4.31 Å². The van der Waals surface area contributed by atoms with Crippen LogP contribution in [0.1, 0.15) is 11.1 Å². The number of rotatable bonds is 10. The van der Waals surface area contributed by atoms with Crippen molar-refractivity contribution in [2.24, 2.45) is 0 Å². The Balaban J connectivity index is 1.43. The summed E-state index contributed by atoms with van der Waals surface area (Å²) < 4.78 is 42.0. The summed E-state index contributed by atoms with van der Waals surface area (Å²) in [5.41, 5.74) is 2.65. The third-order valence-corrected chi connectivity index (χ3v) is 7.79. The minimum absolute atomic E-state index is 0.0357. The van der Waals surface area contributed by atoms with Crippen LogP contribution in [0, 0.1) is 12.7 Å². The van der Waals surface area contributed by atoms with Gasteiger partial charge in [-0.15, -0.1) is 0 Å². The molecule has 0 fully saturated rings. The number of carbonyl (C=O) groups excluding carboxylic acids is 1. The molecule has 1 heterocycles. The first-order valence-electron chi connectivity index (χ1n) is 11.6. The van der Waals surface area contributed by atoms with Crippen LogP contribution in [0.2, 0.25) is 5.02 Å². The standard InChI is InChI=1S/C27H26ClFN4O3S/c1-19-6-9-22(10-7-19)37(35,36)33(17-20-4-2-3-5-24(20)29)18-27(34)32-15-14-31-25-12-13-30-26-16-21(28)8-11-23(25)26/h2-13,16H,14-15,17-18H2,1H3,(H,30,31)(H,32,34). The fourth-order valence-electron chi connectivity index (χ4n) is 3.79.